The molecule has 2 fully saturated rings. The lowest BCUT2D eigenvalue weighted by atomic mass is 9.81. The van der Waals surface area contributed by atoms with Crippen molar-refractivity contribution in [1.82, 2.24) is 19.5 Å². The van der Waals surface area contributed by atoms with E-state index in [4.69, 9.17) is 4.74 Å². The number of nitrogens with one attached hydrogen (secondary N) is 2. The molecular weight excluding hydrogens is 600 g/mol. The Morgan fingerprint density at radius 2 is 1.85 bits per heavy atom. The first-order valence-electron chi connectivity index (χ1n) is 16.8. The topological polar surface area (TPSA) is 110 Å². The van der Waals surface area contributed by atoms with Crippen LogP contribution in [0, 0.1) is 5.41 Å². The molecule has 2 amide bonds. The molecule has 46 heavy (non-hydrogen) atoms. The maximum Gasteiger partial charge on any atom is 0.264 e. The first-order chi connectivity index (χ1) is 22.0. The Kier molecular flexibility index (Phi) is 8.74. The number of carbonyl (C=O) groups is 2. The number of sulfonamides is 1. The number of hydrogen-bond acceptors (Lipinski definition) is 6. The number of benzene rings is 2. The van der Waals surface area contributed by atoms with E-state index >= 15 is 0 Å². The molecule has 0 spiro atoms. The van der Waals surface area contributed by atoms with E-state index < -0.39 is 26.6 Å². The lowest BCUT2D eigenvalue weighted by Crippen LogP contribution is -2.46. The minimum absolute atomic E-state index is 0.0384. The van der Waals surface area contributed by atoms with Gasteiger partial charge in [0.15, 0.2) is 0 Å². The van der Waals surface area contributed by atoms with Crippen molar-refractivity contribution in [2.24, 2.45) is 5.41 Å². The predicted molar refractivity (Wildman–Crippen MR) is 182 cm³/mol. The Labute approximate surface area is 273 Å². The maximum atomic E-state index is 14.6. The van der Waals surface area contributed by atoms with E-state index in [-0.39, 0.29) is 23.4 Å². The molecular formula is C36H48N4O5S. The van der Waals surface area contributed by atoms with Crippen LogP contribution in [0.25, 0.3) is 22.2 Å². The van der Waals surface area contributed by atoms with Crippen LogP contribution < -0.4 is 14.8 Å². The summed E-state index contributed by atoms with van der Waals surface area (Å²) in [5, 5.41) is 3.59. The molecule has 3 aliphatic rings. The van der Waals surface area contributed by atoms with E-state index in [0.717, 1.165) is 59.2 Å². The molecule has 0 radical (unpaired) electrons. The smallest absolute Gasteiger partial charge is 0.264 e. The van der Waals surface area contributed by atoms with Gasteiger partial charge in [0.25, 0.3) is 5.91 Å². The van der Waals surface area contributed by atoms with E-state index in [2.05, 4.69) is 33.7 Å². The fraction of sp³-hybridized carbons (Fsp3) is 0.556. The van der Waals surface area contributed by atoms with Gasteiger partial charge in [0.2, 0.25) is 15.9 Å². The number of rotatable bonds is 10. The number of methoxy groups -OCH3 is 1. The van der Waals surface area contributed by atoms with Gasteiger partial charge in [-0.25, -0.2) is 13.1 Å². The van der Waals surface area contributed by atoms with E-state index in [9.17, 15) is 18.0 Å². The van der Waals surface area contributed by atoms with E-state index in [1.54, 1.807) is 27.0 Å². The summed E-state index contributed by atoms with van der Waals surface area (Å²) < 4.78 is 35.5. The zero-order valence-electron chi connectivity index (χ0n) is 28.0. The van der Waals surface area contributed by atoms with Crippen LogP contribution in [-0.2, 0) is 21.4 Å². The third-order valence-corrected chi connectivity index (χ3v) is 12.6. The summed E-state index contributed by atoms with van der Waals surface area (Å²) in [7, 11) is 1.72. The van der Waals surface area contributed by atoms with Crippen LogP contribution in [-0.4, -0.2) is 68.7 Å². The molecule has 2 saturated carbocycles. The van der Waals surface area contributed by atoms with Crippen molar-refractivity contribution in [3.8, 4) is 17.0 Å². The molecule has 248 valence electrons. The van der Waals surface area contributed by atoms with Gasteiger partial charge in [-0.3, -0.25) is 9.59 Å². The molecule has 2 aliphatic carbocycles. The molecule has 3 aromatic rings. The molecule has 1 aliphatic heterocycles. The van der Waals surface area contributed by atoms with Crippen molar-refractivity contribution in [1.29, 1.82) is 0 Å². The normalized spacial score (nSPS) is 21.6. The van der Waals surface area contributed by atoms with Crippen molar-refractivity contribution < 1.29 is 22.7 Å². The van der Waals surface area contributed by atoms with Crippen molar-refractivity contribution in [2.45, 2.75) is 95.4 Å². The lowest BCUT2D eigenvalue weighted by molar-refractivity contribution is -0.138. The van der Waals surface area contributed by atoms with Gasteiger partial charge in [-0.15, -0.1) is 0 Å². The summed E-state index contributed by atoms with van der Waals surface area (Å²) in [5.41, 5.74) is 5.18. The van der Waals surface area contributed by atoms with E-state index in [1.807, 2.05) is 37.2 Å². The molecule has 0 bridgehead atoms. The molecule has 10 heteroatoms. The van der Waals surface area contributed by atoms with Gasteiger partial charge in [0.05, 0.1) is 23.5 Å². The molecule has 1 aromatic heterocycles. The second kappa shape index (κ2) is 12.3. The van der Waals surface area contributed by atoms with Gasteiger partial charge in [-0.1, -0.05) is 32.3 Å². The van der Waals surface area contributed by atoms with Crippen LogP contribution in [0.15, 0.2) is 36.4 Å². The number of hydrogen-bond donors (Lipinski definition) is 2. The summed E-state index contributed by atoms with van der Waals surface area (Å²) >= 11 is 0. The summed E-state index contributed by atoms with van der Waals surface area (Å²) in [5.74, 6) is 0.663. The molecule has 2 N–H and O–H groups in total. The maximum absolute atomic E-state index is 14.6. The second-order valence-corrected chi connectivity index (χ2v) is 16.1. The Morgan fingerprint density at radius 1 is 1.11 bits per heavy atom. The molecule has 2 heterocycles. The molecule has 3 unspecified atom stereocenters. The van der Waals surface area contributed by atoms with Crippen molar-refractivity contribution in [3.05, 3.63) is 53.1 Å². The lowest BCUT2D eigenvalue weighted by Gasteiger charge is -2.31. The van der Waals surface area contributed by atoms with E-state index in [0.29, 0.717) is 19.0 Å². The average Bonchev–Trinajstić information content (AvgIpc) is 3.72. The molecule has 0 saturated heterocycles. The average molecular weight is 649 g/mol. The summed E-state index contributed by atoms with van der Waals surface area (Å²) in [6.45, 7) is 6.41. The zero-order chi connectivity index (χ0) is 33.0. The Bertz CT molecular complexity index is 1770. The van der Waals surface area contributed by atoms with Crippen LogP contribution in [0.1, 0.15) is 99.0 Å². The number of amides is 2. The van der Waals surface area contributed by atoms with Crippen LogP contribution in [0.3, 0.4) is 0 Å². The highest BCUT2D eigenvalue weighted by Crippen LogP contribution is 2.66. The van der Waals surface area contributed by atoms with Gasteiger partial charge in [-0.05, 0) is 94.0 Å². The fourth-order valence-electron chi connectivity index (χ4n) is 8.04. The van der Waals surface area contributed by atoms with Crippen LogP contribution in [0.5, 0.6) is 5.75 Å². The predicted octanol–water partition coefficient (Wildman–Crippen LogP) is 5.78. The largest absolute Gasteiger partial charge is 0.497 e. The molecule has 9 nitrogen and oxygen atoms in total. The quantitative estimate of drug-likeness (QED) is 0.289. The van der Waals surface area contributed by atoms with Crippen molar-refractivity contribution >= 4 is 32.7 Å². The Morgan fingerprint density at radius 3 is 2.50 bits per heavy atom. The number of aromatic nitrogens is 1. The van der Waals surface area contributed by atoms with Gasteiger partial charge in [-0.2, -0.15) is 0 Å². The van der Waals surface area contributed by atoms with Gasteiger partial charge >= 0.3 is 0 Å². The summed E-state index contributed by atoms with van der Waals surface area (Å²) in [4.78, 5) is 29.9. The van der Waals surface area contributed by atoms with Crippen LogP contribution in [0.2, 0.25) is 0 Å². The number of likely N-dealkylation sites (N-methyl/N-ethyl adjacent to an activating group) is 2. The monoisotopic (exact) mass is 648 g/mol. The SMILES string of the molecule is CCC(CNC)N(C)C(=O)C12CC1c1cc(OC)ccc1-c1c(C3CCCCC3)c3ccc(C(=O)NS(=O)(=O)C(C)C)cc3n1C2. The zero-order valence-corrected chi connectivity index (χ0v) is 28.8. The second-order valence-electron chi connectivity index (χ2n) is 13.8. The third-order valence-electron chi connectivity index (χ3n) is 10.8. The molecule has 3 atom stereocenters. The number of carbonyl (C=O) groups excluding carboxylic acids is 2. The minimum Gasteiger partial charge on any atom is -0.497 e. The van der Waals surface area contributed by atoms with Gasteiger partial charge in [0.1, 0.15) is 5.75 Å². The van der Waals surface area contributed by atoms with Gasteiger partial charge < -0.3 is 19.5 Å². The Balaban J connectivity index is 1.57. The van der Waals surface area contributed by atoms with Crippen molar-refractivity contribution in [2.75, 3.05) is 27.7 Å². The standard InChI is InChI=1S/C36H48N4O5S/c1-7-25(20-37-4)39(5)35(42)36-19-30(36)29-18-26(45-6)14-16-27(29)33-32(23-11-9-8-10-12-23)28-15-13-24(17-31(28)40(33)21-36)34(41)38-46(43,44)22(2)3/h13-18,22-23,25,30,37H,7-12,19-21H2,1-6H3,(H,38,41). The number of nitrogens with zero attached hydrogens (tertiary/aromatic N) is 2. The highest BCUT2D eigenvalue weighted by atomic mass is 32.2. The first-order valence-corrected chi connectivity index (χ1v) is 18.3. The fourth-order valence-corrected chi connectivity index (χ4v) is 8.65. The van der Waals surface area contributed by atoms with Gasteiger partial charge in [0, 0.05) is 54.1 Å². The van der Waals surface area contributed by atoms with Crippen LogP contribution >= 0.6 is 0 Å². The summed E-state index contributed by atoms with van der Waals surface area (Å²) in [6, 6.07) is 11.9. The highest BCUT2D eigenvalue weighted by molar-refractivity contribution is 7.90. The third kappa shape index (κ3) is 5.41. The molecule has 6 rings (SSSR count). The first kappa shape index (κ1) is 32.6. The van der Waals surface area contributed by atoms with Crippen LogP contribution in [0.4, 0.5) is 0 Å². The number of ether oxygens (including phenoxy) is 1. The summed E-state index contributed by atoms with van der Waals surface area (Å²) in [6.07, 6.45) is 7.31. The van der Waals surface area contributed by atoms with E-state index in [1.165, 1.54) is 24.8 Å². The molecule has 2 aromatic carbocycles. The minimum atomic E-state index is -3.80. The Hall–Kier alpha value is -3.37. The highest BCUT2D eigenvalue weighted by Gasteiger charge is 2.64. The number of fused-ring (bicyclic) bond motifs is 7. The van der Waals surface area contributed by atoms with Crippen molar-refractivity contribution in [3.63, 3.8) is 0 Å².